The maximum Gasteiger partial charge on any atom is 0.306 e. The Morgan fingerprint density at radius 3 is 1.42 bits per heavy atom. The number of likely N-dealkylation sites (N-methyl/N-ethyl adjacent to an activating group) is 1. The van der Waals surface area contributed by atoms with Crippen LogP contribution in [0, 0.1) is 0 Å². The SMILES string of the molecule is CC/C=C\C/C=C\C/C=C\C/C=C\C/C=C\CCCCCCCCCC(=O)OC(COCCCCCCCC/C=C\CCCCCCCCC)COP(=O)([O-])OCC[N+](C)(C)C. The first-order chi connectivity index (χ1) is 30.1. The Kier molecular flexibility index (Phi) is 44.0. The van der Waals surface area contributed by atoms with Gasteiger partial charge in [0, 0.05) is 13.0 Å². The summed E-state index contributed by atoms with van der Waals surface area (Å²) in [7, 11) is 1.34. The number of hydrogen-bond acceptors (Lipinski definition) is 7. The molecule has 0 saturated carbocycles. The van der Waals surface area contributed by atoms with Crippen LogP contribution in [0.25, 0.3) is 0 Å². The fraction of sp³-hybridized carbons (Fsp3) is 0.755. The zero-order valence-corrected chi connectivity index (χ0v) is 41.7. The Morgan fingerprint density at radius 2 is 0.935 bits per heavy atom. The van der Waals surface area contributed by atoms with E-state index in [1.807, 2.05) is 21.1 Å². The summed E-state index contributed by atoms with van der Waals surface area (Å²) in [5.74, 6) is -0.349. The van der Waals surface area contributed by atoms with Crippen molar-refractivity contribution in [2.75, 3.05) is 54.1 Å². The van der Waals surface area contributed by atoms with Crippen molar-refractivity contribution < 1.29 is 37.3 Å². The molecule has 2 unspecified atom stereocenters. The third-order valence-electron chi connectivity index (χ3n) is 10.5. The average Bonchev–Trinajstić information content (AvgIpc) is 3.23. The molecule has 8 nitrogen and oxygen atoms in total. The summed E-state index contributed by atoms with van der Waals surface area (Å²) in [5.41, 5.74) is 0. The third-order valence-corrected chi connectivity index (χ3v) is 11.5. The van der Waals surface area contributed by atoms with Gasteiger partial charge in [-0.2, -0.15) is 0 Å². The molecule has 0 aromatic heterocycles. The summed E-state index contributed by atoms with van der Waals surface area (Å²) in [6.45, 7) is 5.27. The smallest absolute Gasteiger partial charge is 0.306 e. The molecule has 0 heterocycles. The highest BCUT2D eigenvalue weighted by Gasteiger charge is 2.20. The molecule has 0 fully saturated rings. The molecule has 0 amide bonds. The van der Waals surface area contributed by atoms with Crippen molar-refractivity contribution in [1.29, 1.82) is 0 Å². The standard InChI is InChI=1S/C53H96NO7P/c1-6-8-10-12-14-16-18-20-22-24-25-26-27-28-29-30-32-34-36-38-40-42-44-46-53(55)61-52(51-60-62(56,57)59-49-47-54(3,4)5)50-58-48-45-43-41-39-37-35-33-31-23-21-19-17-15-13-11-9-7-2/h8,10,14,16,20,22-23,25-26,28-29,31,52H,6-7,9,11-13,15,17-19,21,24,27,30,32-51H2,1-5H3/b10-8-,16-14-,22-20-,26-25-,29-28-,31-23-. The van der Waals surface area contributed by atoms with E-state index < -0.39 is 13.9 Å². The Labute approximate surface area is 383 Å². The number of quaternary nitrogens is 1. The summed E-state index contributed by atoms with van der Waals surface area (Å²) < 4.78 is 34.7. The maximum atomic E-state index is 12.7. The molecule has 0 saturated heterocycles. The van der Waals surface area contributed by atoms with E-state index in [9.17, 15) is 14.3 Å². The van der Waals surface area contributed by atoms with Gasteiger partial charge in [0.25, 0.3) is 7.82 Å². The van der Waals surface area contributed by atoms with Crippen molar-refractivity contribution in [1.82, 2.24) is 0 Å². The van der Waals surface area contributed by atoms with E-state index in [0.717, 1.165) is 77.0 Å². The number of carbonyl (C=O) groups is 1. The highest BCUT2D eigenvalue weighted by atomic mass is 31.2. The first-order valence-corrected chi connectivity index (χ1v) is 26.6. The van der Waals surface area contributed by atoms with Gasteiger partial charge in [-0.15, -0.1) is 0 Å². The number of esters is 1. The first-order valence-electron chi connectivity index (χ1n) is 25.2. The van der Waals surface area contributed by atoms with E-state index in [2.05, 4.69) is 86.8 Å². The van der Waals surface area contributed by atoms with Crippen LogP contribution in [0.1, 0.15) is 200 Å². The largest absolute Gasteiger partial charge is 0.756 e. The van der Waals surface area contributed by atoms with Gasteiger partial charge in [-0.05, 0) is 83.5 Å². The van der Waals surface area contributed by atoms with Gasteiger partial charge in [0.15, 0.2) is 0 Å². The Morgan fingerprint density at radius 1 is 0.516 bits per heavy atom. The van der Waals surface area contributed by atoms with Gasteiger partial charge < -0.3 is 27.9 Å². The normalized spacial score (nSPS) is 14.2. The number of carbonyl (C=O) groups excluding carboxylic acids is 1. The molecule has 0 rings (SSSR count). The second-order valence-electron chi connectivity index (χ2n) is 17.8. The van der Waals surface area contributed by atoms with Crippen molar-refractivity contribution >= 4 is 13.8 Å². The minimum atomic E-state index is -4.54. The lowest BCUT2D eigenvalue weighted by Gasteiger charge is -2.28. The Balaban J connectivity index is 4.20. The summed E-state index contributed by atoms with van der Waals surface area (Å²) >= 11 is 0. The number of phosphoric ester groups is 1. The van der Waals surface area contributed by atoms with E-state index >= 15 is 0 Å². The van der Waals surface area contributed by atoms with Crippen LogP contribution < -0.4 is 4.89 Å². The van der Waals surface area contributed by atoms with Crippen molar-refractivity contribution in [3.05, 3.63) is 72.9 Å². The maximum absolute atomic E-state index is 12.7. The fourth-order valence-electron chi connectivity index (χ4n) is 6.63. The molecule has 360 valence electrons. The minimum Gasteiger partial charge on any atom is -0.756 e. The summed E-state index contributed by atoms with van der Waals surface area (Å²) in [4.78, 5) is 25.2. The fourth-order valence-corrected chi connectivity index (χ4v) is 7.35. The van der Waals surface area contributed by atoms with Crippen molar-refractivity contribution in [3.63, 3.8) is 0 Å². The third kappa shape index (κ3) is 49.0. The van der Waals surface area contributed by atoms with Crippen molar-refractivity contribution in [3.8, 4) is 0 Å². The van der Waals surface area contributed by atoms with E-state index in [1.165, 1.54) is 103 Å². The van der Waals surface area contributed by atoms with Gasteiger partial charge in [0.2, 0.25) is 0 Å². The molecule has 0 bridgehead atoms. The van der Waals surface area contributed by atoms with E-state index in [0.29, 0.717) is 24.1 Å². The topological polar surface area (TPSA) is 94.1 Å². The van der Waals surface area contributed by atoms with Gasteiger partial charge in [-0.3, -0.25) is 9.36 Å². The molecule has 0 radical (unpaired) electrons. The molecule has 0 aliphatic heterocycles. The summed E-state index contributed by atoms with van der Waals surface area (Å²) in [6, 6.07) is 0. The number of hydrogen-bond donors (Lipinski definition) is 0. The predicted octanol–water partition coefficient (Wildman–Crippen LogP) is 14.8. The van der Waals surface area contributed by atoms with Gasteiger partial charge in [0.05, 0.1) is 34.4 Å². The zero-order valence-electron chi connectivity index (χ0n) is 40.8. The zero-order chi connectivity index (χ0) is 45.5. The van der Waals surface area contributed by atoms with E-state index in [1.54, 1.807) is 0 Å². The van der Waals surface area contributed by atoms with Crippen LogP contribution in [0.3, 0.4) is 0 Å². The molecular weight excluding hydrogens is 794 g/mol. The van der Waals surface area contributed by atoms with Crippen molar-refractivity contribution in [2.45, 2.75) is 206 Å². The quantitative estimate of drug-likeness (QED) is 0.0197. The highest BCUT2D eigenvalue weighted by molar-refractivity contribution is 7.45. The number of nitrogens with zero attached hydrogens (tertiary/aromatic N) is 1. The molecular formula is C53H96NO7P. The molecule has 0 aliphatic rings. The van der Waals surface area contributed by atoms with Crippen molar-refractivity contribution in [2.24, 2.45) is 0 Å². The number of unbranched alkanes of at least 4 members (excludes halogenated alkanes) is 20. The molecule has 0 aliphatic carbocycles. The molecule has 0 aromatic rings. The summed E-state index contributed by atoms with van der Waals surface area (Å²) in [5, 5.41) is 0. The number of ether oxygens (including phenoxy) is 2. The van der Waals surface area contributed by atoms with Crippen LogP contribution in [-0.2, 0) is 27.9 Å². The Hall–Kier alpha value is -2.06. The van der Waals surface area contributed by atoms with Gasteiger partial charge in [-0.1, -0.05) is 183 Å². The molecule has 0 N–H and O–H groups in total. The lowest BCUT2D eigenvalue weighted by Crippen LogP contribution is -2.37. The predicted molar refractivity (Wildman–Crippen MR) is 263 cm³/mol. The van der Waals surface area contributed by atoms with Gasteiger partial charge in [0.1, 0.15) is 19.3 Å². The number of rotatable bonds is 46. The van der Waals surface area contributed by atoms with Crippen LogP contribution >= 0.6 is 7.82 Å². The highest BCUT2D eigenvalue weighted by Crippen LogP contribution is 2.38. The molecule has 62 heavy (non-hydrogen) atoms. The molecule has 9 heteroatoms. The number of phosphoric acid groups is 1. The molecule has 0 spiro atoms. The Bertz CT molecular complexity index is 1220. The van der Waals surface area contributed by atoms with Gasteiger partial charge >= 0.3 is 5.97 Å². The second kappa shape index (κ2) is 45.5. The lowest BCUT2D eigenvalue weighted by atomic mass is 10.1. The van der Waals surface area contributed by atoms with Crippen LogP contribution in [0.2, 0.25) is 0 Å². The van der Waals surface area contributed by atoms with Crippen LogP contribution in [0.4, 0.5) is 0 Å². The second-order valence-corrected chi connectivity index (χ2v) is 19.2. The average molecular weight is 890 g/mol. The minimum absolute atomic E-state index is 0.0194. The monoisotopic (exact) mass is 890 g/mol. The molecule has 2 atom stereocenters. The van der Waals surface area contributed by atoms with Crippen LogP contribution in [0.5, 0.6) is 0 Å². The van der Waals surface area contributed by atoms with Gasteiger partial charge in [-0.25, -0.2) is 0 Å². The molecule has 0 aromatic carbocycles. The van der Waals surface area contributed by atoms with E-state index in [4.69, 9.17) is 18.5 Å². The summed E-state index contributed by atoms with van der Waals surface area (Å²) in [6.07, 6.45) is 59.2. The number of allylic oxidation sites excluding steroid dienone is 12. The van der Waals surface area contributed by atoms with E-state index in [-0.39, 0.29) is 25.8 Å². The lowest BCUT2D eigenvalue weighted by molar-refractivity contribution is -0.870. The van der Waals surface area contributed by atoms with Crippen LogP contribution in [-0.4, -0.2) is 70.7 Å². The first kappa shape index (κ1) is 59.9. The van der Waals surface area contributed by atoms with Crippen LogP contribution in [0.15, 0.2) is 72.9 Å².